The first kappa shape index (κ1) is 16.3. The number of hydrogen-bond donors (Lipinski definition) is 0. The second-order valence-electron chi connectivity index (χ2n) is 3.56. The molecule has 1 heterocycles. The molecular weight excluding hydrogens is 311 g/mol. The molecule has 0 N–H and O–H groups in total. The lowest BCUT2D eigenvalue weighted by Crippen LogP contribution is -2.11. The molecule has 0 atom stereocenters. The third-order valence-electron chi connectivity index (χ3n) is 2.22. The van der Waals surface area contributed by atoms with E-state index in [4.69, 9.17) is 32.7 Å². The van der Waals surface area contributed by atoms with Crippen LogP contribution in [0.25, 0.3) is 0 Å². The van der Waals surface area contributed by atoms with E-state index in [1.807, 2.05) is 0 Å². The summed E-state index contributed by atoms with van der Waals surface area (Å²) in [4.78, 5) is 23.6. The SMILES string of the molecule is CCOC(=O)Cc1sc(Cl)c(Cl)c1CC(=O)OCC. The highest BCUT2D eigenvalue weighted by molar-refractivity contribution is 7.17. The standard InChI is InChI=1S/C12H14Cl2O4S/c1-3-17-9(15)5-7-8(6-10(16)18-4-2)19-12(14)11(7)13/h3-6H2,1-2H3. The van der Waals surface area contributed by atoms with Crippen LogP contribution >= 0.6 is 34.5 Å². The van der Waals surface area contributed by atoms with Gasteiger partial charge in [0, 0.05) is 4.88 Å². The predicted molar refractivity (Wildman–Crippen MR) is 75.0 cm³/mol. The van der Waals surface area contributed by atoms with Gasteiger partial charge in [0.2, 0.25) is 0 Å². The Balaban J connectivity index is 2.89. The molecule has 1 aromatic heterocycles. The molecule has 19 heavy (non-hydrogen) atoms. The molecule has 0 aliphatic rings. The van der Waals surface area contributed by atoms with E-state index in [9.17, 15) is 9.59 Å². The number of esters is 2. The number of halogens is 2. The van der Waals surface area contributed by atoms with Gasteiger partial charge in [-0.05, 0) is 19.4 Å². The van der Waals surface area contributed by atoms with Crippen molar-refractivity contribution in [2.24, 2.45) is 0 Å². The van der Waals surface area contributed by atoms with Crippen molar-refractivity contribution in [3.8, 4) is 0 Å². The topological polar surface area (TPSA) is 52.6 Å². The largest absolute Gasteiger partial charge is 0.466 e. The zero-order valence-electron chi connectivity index (χ0n) is 10.6. The summed E-state index contributed by atoms with van der Waals surface area (Å²) >= 11 is 13.2. The molecule has 0 fully saturated rings. The highest BCUT2D eigenvalue weighted by atomic mass is 35.5. The van der Waals surface area contributed by atoms with E-state index in [-0.39, 0.29) is 18.8 Å². The van der Waals surface area contributed by atoms with E-state index in [0.717, 1.165) is 0 Å². The molecule has 0 spiro atoms. The molecule has 0 radical (unpaired) electrons. The van der Waals surface area contributed by atoms with Crippen LogP contribution in [0.3, 0.4) is 0 Å². The van der Waals surface area contributed by atoms with E-state index < -0.39 is 5.97 Å². The zero-order chi connectivity index (χ0) is 14.4. The Morgan fingerprint density at radius 2 is 1.58 bits per heavy atom. The number of carbonyl (C=O) groups is 2. The van der Waals surface area contributed by atoms with Gasteiger partial charge < -0.3 is 9.47 Å². The summed E-state index contributed by atoms with van der Waals surface area (Å²) < 4.78 is 10.1. The molecule has 0 amide bonds. The molecule has 0 saturated carbocycles. The summed E-state index contributed by atoms with van der Waals surface area (Å²) in [5.74, 6) is -0.772. The van der Waals surface area contributed by atoms with E-state index >= 15 is 0 Å². The highest BCUT2D eigenvalue weighted by Gasteiger charge is 2.21. The molecule has 7 heteroatoms. The maximum Gasteiger partial charge on any atom is 0.311 e. The van der Waals surface area contributed by atoms with Gasteiger partial charge >= 0.3 is 11.9 Å². The Kier molecular flexibility index (Phi) is 6.62. The Labute approximate surface area is 125 Å². The number of rotatable bonds is 6. The molecule has 0 bridgehead atoms. The smallest absolute Gasteiger partial charge is 0.311 e. The summed E-state index contributed by atoms with van der Waals surface area (Å²) in [5.41, 5.74) is 0.545. The van der Waals surface area contributed by atoms with Crippen LogP contribution in [0.2, 0.25) is 9.36 Å². The molecule has 0 saturated heterocycles. The first-order valence-corrected chi connectivity index (χ1v) is 7.33. The first-order chi connectivity index (χ1) is 8.99. The molecule has 0 aliphatic heterocycles. The molecule has 106 valence electrons. The Morgan fingerprint density at radius 1 is 1.05 bits per heavy atom. The van der Waals surface area contributed by atoms with Crippen LogP contribution in [0.5, 0.6) is 0 Å². The summed E-state index contributed by atoms with van der Waals surface area (Å²) in [6, 6.07) is 0. The summed E-state index contributed by atoms with van der Waals surface area (Å²) in [7, 11) is 0. The van der Waals surface area contributed by atoms with E-state index in [1.165, 1.54) is 11.3 Å². The van der Waals surface area contributed by atoms with Crippen molar-refractivity contribution in [2.75, 3.05) is 13.2 Å². The van der Waals surface area contributed by atoms with Gasteiger partial charge in [-0.1, -0.05) is 23.2 Å². The van der Waals surface area contributed by atoms with Gasteiger partial charge in [0.1, 0.15) is 4.34 Å². The van der Waals surface area contributed by atoms with Crippen LogP contribution in [-0.2, 0) is 31.9 Å². The molecule has 1 aromatic rings. The molecule has 4 nitrogen and oxygen atoms in total. The fourth-order valence-corrected chi connectivity index (χ4v) is 3.14. The molecule has 0 aromatic carbocycles. The quantitative estimate of drug-likeness (QED) is 0.753. The van der Waals surface area contributed by atoms with Crippen molar-refractivity contribution in [1.82, 2.24) is 0 Å². The fraction of sp³-hybridized carbons (Fsp3) is 0.500. The van der Waals surface area contributed by atoms with Gasteiger partial charge in [0.15, 0.2) is 0 Å². The number of ether oxygens (including phenoxy) is 2. The van der Waals surface area contributed by atoms with Crippen molar-refractivity contribution in [3.63, 3.8) is 0 Å². The fourth-order valence-electron chi connectivity index (χ4n) is 1.47. The number of hydrogen-bond acceptors (Lipinski definition) is 5. The minimum atomic E-state index is -0.399. The van der Waals surface area contributed by atoms with Crippen molar-refractivity contribution in [1.29, 1.82) is 0 Å². The van der Waals surface area contributed by atoms with Gasteiger partial charge in [0.25, 0.3) is 0 Å². The van der Waals surface area contributed by atoms with Crippen LogP contribution in [0.4, 0.5) is 0 Å². The van der Waals surface area contributed by atoms with Crippen LogP contribution < -0.4 is 0 Å². The Bertz CT molecular complexity index is 471. The minimum absolute atomic E-state index is 0.00459. The third-order valence-corrected chi connectivity index (χ3v) is 4.29. The number of thiophene rings is 1. The summed E-state index contributed by atoms with van der Waals surface area (Å²) in [6.45, 7) is 4.05. The van der Waals surface area contributed by atoms with Gasteiger partial charge in [-0.2, -0.15) is 0 Å². The van der Waals surface area contributed by atoms with E-state index in [0.29, 0.717) is 33.0 Å². The molecule has 0 aliphatic carbocycles. The summed E-state index contributed by atoms with van der Waals surface area (Å²) in [6.07, 6.45) is 0.0598. The van der Waals surface area contributed by atoms with Gasteiger partial charge in [-0.25, -0.2) is 0 Å². The van der Waals surface area contributed by atoms with Crippen molar-refractivity contribution in [2.45, 2.75) is 26.7 Å². The minimum Gasteiger partial charge on any atom is -0.466 e. The van der Waals surface area contributed by atoms with E-state index in [2.05, 4.69) is 0 Å². The van der Waals surface area contributed by atoms with Gasteiger partial charge in [0.05, 0.1) is 31.1 Å². The van der Waals surface area contributed by atoms with Gasteiger partial charge in [-0.3, -0.25) is 9.59 Å². The first-order valence-electron chi connectivity index (χ1n) is 5.76. The average molecular weight is 325 g/mol. The van der Waals surface area contributed by atoms with E-state index in [1.54, 1.807) is 13.8 Å². The lowest BCUT2D eigenvalue weighted by Gasteiger charge is -2.05. The van der Waals surface area contributed by atoms with Crippen LogP contribution in [-0.4, -0.2) is 25.2 Å². The average Bonchev–Trinajstić information content (AvgIpc) is 2.58. The lowest BCUT2D eigenvalue weighted by molar-refractivity contribution is -0.143. The maximum atomic E-state index is 11.5. The van der Waals surface area contributed by atoms with Gasteiger partial charge in [-0.15, -0.1) is 11.3 Å². The highest BCUT2D eigenvalue weighted by Crippen LogP contribution is 2.37. The second kappa shape index (κ2) is 7.72. The molecular formula is C12H14Cl2O4S. The maximum absolute atomic E-state index is 11.5. The monoisotopic (exact) mass is 324 g/mol. The normalized spacial score (nSPS) is 10.3. The second-order valence-corrected chi connectivity index (χ2v) is 5.64. The zero-order valence-corrected chi connectivity index (χ0v) is 13.0. The van der Waals surface area contributed by atoms with Crippen LogP contribution in [0.15, 0.2) is 0 Å². The molecule has 0 unspecified atom stereocenters. The number of carbonyl (C=O) groups excluding carboxylic acids is 2. The van der Waals surface area contributed by atoms with Crippen LogP contribution in [0.1, 0.15) is 24.3 Å². The van der Waals surface area contributed by atoms with Crippen molar-refractivity contribution < 1.29 is 19.1 Å². The van der Waals surface area contributed by atoms with Crippen molar-refractivity contribution in [3.05, 3.63) is 19.8 Å². The summed E-state index contributed by atoms with van der Waals surface area (Å²) in [5, 5.41) is 0.305. The third kappa shape index (κ3) is 4.67. The Morgan fingerprint density at radius 3 is 2.11 bits per heavy atom. The lowest BCUT2D eigenvalue weighted by atomic mass is 10.1. The Hall–Kier alpha value is -0.780. The van der Waals surface area contributed by atoms with Crippen LogP contribution in [0, 0.1) is 0 Å². The predicted octanol–water partition coefficient (Wildman–Crippen LogP) is 3.27. The molecule has 1 rings (SSSR count). The van der Waals surface area contributed by atoms with Crippen molar-refractivity contribution >= 4 is 46.5 Å².